The Bertz CT molecular complexity index is 515. The third-order valence-corrected chi connectivity index (χ3v) is 2.90. The summed E-state index contributed by atoms with van der Waals surface area (Å²) in [7, 11) is 1.68. The maximum atomic E-state index is 5.22. The van der Waals surface area contributed by atoms with Crippen molar-refractivity contribution in [3.8, 4) is 17.1 Å². The minimum Gasteiger partial charge on any atom is -0.497 e. The lowest BCUT2D eigenvalue weighted by molar-refractivity contribution is 0.414. The van der Waals surface area contributed by atoms with Gasteiger partial charge in [-0.2, -0.15) is 0 Å². The number of imidazole rings is 1. The van der Waals surface area contributed by atoms with Crippen LogP contribution in [0.2, 0.25) is 0 Å². The second-order valence-electron chi connectivity index (χ2n) is 4.43. The average molecular weight is 230 g/mol. The van der Waals surface area contributed by atoms with E-state index in [9.17, 15) is 0 Å². The molecule has 0 saturated heterocycles. The van der Waals surface area contributed by atoms with Crippen molar-refractivity contribution in [2.45, 2.75) is 26.8 Å². The fourth-order valence-electron chi connectivity index (χ4n) is 1.95. The van der Waals surface area contributed by atoms with E-state index in [4.69, 9.17) is 4.74 Å². The van der Waals surface area contributed by atoms with Crippen molar-refractivity contribution in [2.75, 3.05) is 7.11 Å². The quantitative estimate of drug-likeness (QED) is 0.807. The molecule has 1 aromatic carbocycles. The summed E-state index contributed by atoms with van der Waals surface area (Å²) < 4.78 is 7.39. The van der Waals surface area contributed by atoms with Crippen molar-refractivity contribution in [3.05, 3.63) is 36.2 Å². The first-order valence-electron chi connectivity index (χ1n) is 5.81. The number of hydrogen-bond acceptors (Lipinski definition) is 2. The number of methoxy groups -OCH3 is 1. The monoisotopic (exact) mass is 230 g/mol. The highest BCUT2D eigenvalue weighted by atomic mass is 16.5. The number of aryl methyl sites for hydroxylation is 1. The average Bonchev–Trinajstić information content (AvgIpc) is 2.77. The maximum Gasteiger partial charge on any atom is 0.140 e. The molecule has 2 rings (SSSR count). The fourth-order valence-corrected chi connectivity index (χ4v) is 1.95. The van der Waals surface area contributed by atoms with Crippen LogP contribution >= 0.6 is 0 Å². The Hall–Kier alpha value is -1.77. The predicted octanol–water partition coefficient (Wildman–Crippen LogP) is 3.45. The first-order chi connectivity index (χ1) is 8.13. The molecule has 0 bridgehead atoms. The van der Waals surface area contributed by atoms with Gasteiger partial charge in [-0.15, -0.1) is 0 Å². The van der Waals surface area contributed by atoms with Gasteiger partial charge < -0.3 is 9.30 Å². The molecule has 0 unspecified atom stereocenters. The first-order valence-corrected chi connectivity index (χ1v) is 5.81. The molecule has 0 aliphatic heterocycles. The molecule has 1 heterocycles. The van der Waals surface area contributed by atoms with Crippen LogP contribution in [0.15, 0.2) is 30.6 Å². The highest BCUT2D eigenvalue weighted by molar-refractivity contribution is 5.62. The van der Waals surface area contributed by atoms with Crippen LogP contribution in [0.4, 0.5) is 0 Å². The first kappa shape index (κ1) is 11.7. The fraction of sp³-hybridized carbons (Fsp3) is 0.357. The van der Waals surface area contributed by atoms with Gasteiger partial charge in [0.15, 0.2) is 0 Å². The molecule has 0 fully saturated rings. The van der Waals surface area contributed by atoms with Crippen LogP contribution in [0.25, 0.3) is 11.4 Å². The van der Waals surface area contributed by atoms with E-state index in [1.54, 1.807) is 7.11 Å². The van der Waals surface area contributed by atoms with Crippen molar-refractivity contribution in [1.29, 1.82) is 0 Å². The van der Waals surface area contributed by atoms with Gasteiger partial charge in [0.2, 0.25) is 0 Å². The van der Waals surface area contributed by atoms with Gasteiger partial charge in [0.1, 0.15) is 11.6 Å². The molecule has 0 radical (unpaired) electrons. The summed E-state index contributed by atoms with van der Waals surface area (Å²) in [4.78, 5) is 4.45. The Kier molecular flexibility index (Phi) is 3.18. The van der Waals surface area contributed by atoms with Gasteiger partial charge in [-0.3, -0.25) is 0 Å². The predicted molar refractivity (Wildman–Crippen MR) is 69.3 cm³/mol. The lowest BCUT2D eigenvalue weighted by atomic mass is 10.1. The molecule has 17 heavy (non-hydrogen) atoms. The van der Waals surface area contributed by atoms with E-state index in [1.807, 2.05) is 24.5 Å². The van der Waals surface area contributed by atoms with Crippen LogP contribution in [0.1, 0.15) is 25.5 Å². The molecular formula is C14H18N2O. The van der Waals surface area contributed by atoms with E-state index in [-0.39, 0.29) is 0 Å². The summed E-state index contributed by atoms with van der Waals surface area (Å²) in [6.45, 7) is 6.39. The third-order valence-electron chi connectivity index (χ3n) is 2.90. The van der Waals surface area contributed by atoms with Gasteiger partial charge in [0.05, 0.1) is 7.11 Å². The molecule has 3 nitrogen and oxygen atoms in total. The van der Waals surface area contributed by atoms with Crippen LogP contribution in [0.3, 0.4) is 0 Å². The zero-order valence-electron chi connectivity index (χ0n) is 10.8. The minimum atomic E-state index is 0.411. The summed E-state index contributed by atoms with van der Waals surface area (Å²) in [5.74, 6) is 1.90. The zero-order valence-corrected chi connectivity index (χ0v) is 10.8. The van der Waals surface area contributed by atoms with Crippen molar-refractivity contribution >= 4 is 0 Å². The Balaban J connectivity index is 2.49. The Morgan fingerprint density at radius 2 is 2.06 bits per heavy atom. The van der Waals surface area contributed by atoms with Crippen LogP contribution < -0.4 is 4.74 Å². The molecular weight excluding hydrogens is 212 g/mol. The SMILES string of the molecule is COc1ccc(-c2nccn2C(C)C)c(C)c1. The minimum absolute atomic E-state index is 0.411. The molecule has 3 heteroatoms. The molecule has 0 aliphatic carbocycles. The normalized spacial score (nSPS) is 10.9. The molecule has 0 amide bonds. The molecule has 0 N–H and O–H groups in total. The van der Waals surface area contributed by atoms with Gasteiger partial charge in [0, 0.05) is 24.0 Å². The maximum absolute atomic E-state index is 5.22. The van der Waals surface area contributed by atoms with E-state index in [2.05, 4.69) is 36.4 Å². The molecule has 1 aromatic heterocycles. The standard InChI is InChI=1S/C14H18N2O/c1-10(2)16-8-7-15-14(16)13-6-5-12(17-4)9-11(13)3/h5-10H,1-4H3. The smallest absolute Gasteiger partial charge is 0.140 e. The van der Waals surface area contributed by atoms with Crippen molar-refractivity contribution in [2.24, 2.45) is 0 Å². The topological polar surface area (TPSA) is 27.1 Å². The van der Waals surface area contributed by atoms with Crippen LogP contribution in [0.5, 0.6) is 5.75 Å². The Morgan fingerprint density at radius 1 is 1.29 bits per heavy atom. The van der Waals surface area contributed by atoms with Crippen molar-refractivity contribution in [1.82, 2.24) is 9.55 Å². The van der Waals surface area contributed by atoms with E-state index in [0.717, 1.165) is 17.1 Å². The third kappa shape index (κ3) is 2.18. The second kappa shape index (κ2) is 4.62. The van der Waals surface area contributed by atoms with Gasteiger partial charge in [-0.25, -0.2) is 4.98 Å². The van der Waals surface area contributed by atoms with Gasteiger partial charge in [0.25, 0.3) is 0 Å². The Morgan fingerprint density at radius 3 is 2.65 bits per heavy atom. The van der Waals surface area contributed by atoms with Crippen LogP contribution in [0, 0.1) is 6.92 Å². The largest absolute Gasteiger partial charge is 0.497 e. The van der Waals surface area contributed by atoms with Gasteiger partial charge in [-0.1, -0.05) is 0 Å². The summed E-state index contributed by atoms with van der Waals surface area (Å²) in [5.41, 5.74) is 2.34. The van der Waals surface area contributed by atoms with E-state index in [1.165, 1.54) is 5.56 Å². The summed E-state index contributed by atoms with van der Waals surface area (Å²) in [6.07, 6.45) is 3.86. The van der Waals surface area contributed by atoms with Crippen LogP contribution in [-0.2, 0) is 0 Å². The molecule has 2 aromatic rings. The van der Waals surface area contributed by atoms with Crippen molar-refractivity contribution in [3.63, 3.8) is 0 Å². The molecule has 0 aliphatic rings. The number of rotatable bonds is 3. The molecule has 0 saturated carbocycles. The zero-order chi connectivity index (χ0) is 12.4. The number of nitrogens with zero attached hydrogens (tertiary/aromatic N) is 2. The summed E-state index contributed by atoms with van der Waals surface area (Å²) in [6, 6.07) is 6.49. The summed E-state index contributed by atoms with van der Waals surface area (Å²) in [5, 5.41) is 0. The van der Waals surface area contributed by atoms with Gasteiger partial charge in [-0.05, 0) is 44.5 Å². The molecule has 90 valence electrons. The number of hydrogen-bond donors (Lipinski definition) is 0. The number of aromatic nitrogens is 2. The molecule has 0 spiro atoms. The summed E-state index contributed by atoms with van der Waals surface area (Å²) >= 11 is 0. The Labute approximate surface area is 102 Å². The highest BCUT2D eigenvalue weighted by Gasteiger charge is 2.11. The number of benzene rings is 1. The highest BCUT2D eigenvalue weighted by Crippen LogP contribution is 2.27. The van der Waals surface area contributed by atoms with E-state index >= 15 is 0 Å². The molecule has 0 atom stereocenters. The van der Waals surface area contributed by atoms with Crippen LogP contribution in [-0.4, -0.2) is 16.7 Å². The van der Waals surface area contributed by atoms with E-state index < -0.39 is 0 Å². The van der Waals surface area contributed by atoms with Crippen molar-refractivity contribution < 1.29 is 4.74 Å². The van der Waals surface area contributed by atoms with E-state index in [0.29, 0.717) is 6.04 Å². The lowest BCUT2D eigenvalue weighted by Gasteiger charge is -2.13. The van der Waals surface area contributed by atoms with Gasteiger partial charge >= 0.3 is 0 Å². The lowest BCUT2D eigenvalue weighted by Crippen LogP contribution is -2.02. The second-order valence-corrected chi connectivity index (χ2v) is 4.43. The number of ether oxygens (including phenoxy) is 1.